The van der Waals surface area contributed by atoms with Gasteiger partial charge in [-0.1, -0.05) is 42.5 Å². The predicted molar refractivity (Wildman–Crippen MR) is 91.7 cm³/mol. The number of carbonyl (C=O) groups excluding carboxylic acids is 1. The normalized spacial score (nSPS) is 16.0. The first kappa shape index (κ1) is 15.6. The number of aryl methyl sites for hydroxylation is 3. The van der Waals surface area contributed by atoms with Crippen molar-refractivity contribution in [1.82, 2.24) is 4.90 Å². The summed E-state index contributed by atoms with van der Waals surface area (Å²) in [7, 11) is 1.88. The van der Waals surface area contributed by atoms with Crippen molar-refractivity contribution in [2.75, 3.05) is 13.7 Å². The third kappa shape index (κ3) is 3.09. The van der Waals surface area contributed by atoms with E-state index in [0.717, 1.165) is 29.7 Å². The van der Waals surface area contributed by atoms with Crippen molar-refractivity contribution in [3.8, 4) is 5.75 Å². The largest absolute Gasteiger partial charge is 0.483 e. The highest BCUT2D eigenvalue weighted by Crippen LogP contribution is 2.34. The van der Waals surface area contributed by atoms with E-state index in [9.17, 15) is 4.79 Å². The molecule has 0 bridgehead atoms. The van der Waals surface area contributed by atoms with Gasteiger partial charge in [0.1, 0.15) is 5.75 Å². The van der Waals surface area contributed by atoms with E-state index < -0.39 is 0 Å². The van der Waals surface area contributed by atoms with Gasteiger partial charge in [-0.15, -0.1) is 0 Å². The molecule has 1 amide bonds. The van der Waals surface area contributed by atoms with E-state index in [1.165, 1.54) is 11.1 Å². The molecule has 0 fully saturated rings. The van der Waals surface area contributed by atoms with Gasteiger partial charge in [0.15, 0.2) is 6.61 Å². The summed E-state index contributed by atoms with van der Waals surface area (Å²) in [5, 5.41) is 0. The first-order valence-corrected chi connectivity index (χ1v) is 8.10. The van der Waals surface area contributed by atoms with Crippen molar-refractivity contribution >= 4 is 5.91 Å². The minimum atomic E-state index is 0.0226. The second-order valence-corrected chi connectivity index (χ2v) is 6.27. The summed E-state index contributed by atoms with van der Waals surface area (Å²) in [6, 6.07) is 14.6. The molecule has 1 aliphatic carbocycles. The number of nitrogens with zero attached hydrogens (tertiary/aromatic N) is 1. The highest BCUT2D eigenvalue weighted by atomic mass is 16.5. The van der Waals surface area contributed by atoms with Gasteiger partial charge in [-0.2, -0.15) is 0 Å². The molecule has 0 saturated carbocycles. The summed E-state index contributed by atoms with van der Waals surface area (Å²) in [5.41, 5.74) is 4.75. The predicted octanol–water partition coefficient (Wildman–Crippen LogP) is 3.83. The fourth-order valence-electron chi connectivity index (χ4n) is 3.37. The lowest BCUT2D eigenvalue weighted by atomic mass is 10.1. The Bertz CT molecular complexity index is 703. The van der Waals surface area contributed by atoms with Crippen molar-refractivity contribution in [3.63, 3.8) is 0 Å². The fraction of sp³-hybridized carbons (Fsp3) is 0.350. The average molecular weight is 309 g/mol. The molecule has 0 aromatic heterocycles. The molecule has 0 aliphatic heterocycles. The Hall–Kier alpha value is -2.29. The fourth-order valence-corrected chi connectivity index (χ4v) is 3.37. The van der Waals surface area contributed by atoms with E-state index in [1.54, 1.807) is 0 Å². The topological polar surface area (TPSA) is 29.5 Å². The zero-order valence-electron chi connectivity index (χ0n) is 14.0. The second-order valence-electron chi connectivity index (χ2n) is 6.27. The molecule has 2 aromatic rings. The van der Waals surface area contributed by atoms with E-state index in [0.29, 0.717) is 0 Å². The molecule has 3 rings (SSSR count). The molecule has 0 heterocycles. The third-order valence-electron chi connectivity index (χ3n) is 4.71. The smallest absolute Gasteiger partial charge is 0.260 e. The number of hydrogen-bond acceptors (Lipinski definition) is 2. The molecule has 120 valence electrons. The summed E-state index contributed by atoms with van der Waals surface area (Å²) in [6.45, 7) is 4.09. The Balaban J connectivity index is 1.67. The van der Waals surface area contributed by atoms with E-state index in [2.05, 4.69) is 18.2 Å². The first-order valence-electron chi connectivity index (χ1n) is 8.10. The van der Waals surface area contributed by atoms with Gasteiger partial charge in [-0.05, 0) is 48.9 Å². The van der Waals surface area contributed by atoms with Crippen LogP contribution >= 0.6 is 0 Å². The number of para-hydroxylation sites is 1. The number of hydrogen-bond donors (Lipinski definition) is 0. The molecule has 23 heavy (non-hydrogen) atoms. The Morgan fingerprint density at radius 1 is 1.13 bits per heavy atom. The van der Waals surface area contributed by atoms with Crippen LogP contribution in [0, 0.1) is 13.8 Å². The Morgan fingerprint density at radius 3 is 2.57 bits per heavy atom. The molecule has 1 aliphatic rings. The lowest BCUT2D eigenvalue weighted by Gasteiger charge is -2.26. The molecule has 1 atom stereocenters. The monoisotopic (exact) mass is 309 g/mol. The summed E-state index contributed by atoms with van der Waals surface area (Å²) >= 11 is 0. The summed E-state index contributed by atoms with van der Waals surface area (Å²) < 4.78 is 5.81. The first-order chi connectivity index (χ1) is 11.1. The number of fused-ring (bicyclic) bond motifs is 1. The van der Waals surface area contributed by atoms with Crippen molar-refractivity contribution in [3.05, 3.63) is 64.7 Å². The zero-order chi connectivity index (χ0) is 16.4. The van der Waals surface area contributed by atoms with Crippen LogP contribution in [0.25, 0.3) is 0 Å². The van der Waals surface area contributed by atoms with Crippen LogP contribution in [0.3, 0.4) is 0 Å². The SMILES string of the molecule is Cc1cccc(C)c1OCC(=O)N(C)[C@H]1CCc2ccccc21. The van der Waals surface area contributed by atoms with Crippen LogP contribution in [-0.4, -0.2) is 24.5 Å². The van der Waals surface area contributed by atoms with Crippen LogP contribution in [0.4, 0.5) is 0 Å². The maximum atomic E-state index is 12.5. The van der Waals surface area contributed by atoms with E-state index in [-0.39, 0.29) is 18.6 Å². The third-order valence-corrected chi connectivity index (χ3v) is 4.71. The summed E-state index contributed by atoms with van der Waals surface area (Å²) in [6.07, 6.45) is 2.03. The Labute approximate surface area is 137 Å². The van der Waals surface area contributed by atoms with Crippen LogP contribution in [0.5, 0.6) is 5.75 Å². The lowest BCUT2D eigenvalue weighted by molar-refractivity contribution is -0.134. The van der Waals surface area contributed by atoms with Crippen molar-refractivity contribution < 1.29 is 9.53 Å². The van der Waals surface area contributed by atoms with Crippen LogP contribution in [-0.2, 0) is 11.2 Å². The molecule has 0 spiro atoms. The quantitative estimate of drug-likeness (QED) is 0.859. The average Bonchev–Trinajstić information content (AvgIpc) is 2.97. The van der Waals surface area contributed by atoms with E-state index >= 15 is 0 Å². The molecule has 0 unspecified atom stereocenters. The van der Waals surface area contributed by atoms with Gasteiger partial charge in [-0.25, -0.2) is 0 Å². The maximum Gasteiger partial charge on any atom is 0.260 e. The molecule has 2 aromatic carbocycles. The highest BCUT2D eigenvalue weighted by Gasteiger charge is 2.28. The Kier molecular flexibility index (Phi) is 4.37. The molecule has 3 heteroatoms. The highest BCUT2D eigenvalue weighted by molar-refractivity contribution is 5.78. The van der Waals surface area contributed by atoms with Crippen LogP contribution < -0.4 is 4.74 Å². The molecular weight excluding hydrogens is 286 g/mol. The van der Waals surface area contributed by atoms with Gasteiger partial charge in [0.25, 0.3) is 5.91 Å². The molecule has 0 radical (unpaired) electrons. The van der Waals surface area contributed by atoms with Crippen molar-refractivity contribution in [1.29, 1.82) is 0 Å². The molecule has 0 N–H and O–H groups in total. The number of benzene rings is 2. The molecule has 0 saturated heterocycles. The minimum absolute atomic E-state index is 0.0226. The van der Waals surface area contributed by atoms with Crippen molar-refractivity contribution in [2.24, 2.45) is 0 Å². The van der Waals surface area contributed by atoms with Crippen LogP contribution in [0.15, 0.2) is 42.5 Å². The maximum absolute atomic E-state index is 12.5. The van der Waals surface area contributed by atoms with E-state index in [1.807, 2.05) is 50.1 Å². The summed E-state index contributed by atoms with van der Waals surface area (Å²) in [4.78, 5) is 14.4. The van der Waals surface area contributed by atoms with Gasteiger partial charge < -0.3 is 9.64 Å². The van der Waals surface area contributed by atoms with E-state index in [4.69, 9.17) is 4.74 Å². The Morgan fingerprint density at radius 2 is 1.83 bits per heavy atom. The molecular formula is C20H23NO2. The zero-order valence-corrected chi connectivity index (χ0v) is 14.0. The molecule has 3 nitrogen and oxygen atoms in total. The van der Waals surface area contributed by atoms with Gasteiger partial charge in [0, 0.05) is 7.05 Å². The van der Waals surface area contributed by atoms with Gasteiger partial charge in [0.2, 0.25) is 0 Å². The number of amides is 1. The second kappa shape index (κ2) is 6.45. The van der Waals surface area contributed by atoms with Crippen molar-refractivity contribution in [2.45, 2.75) is 32.7 Å². The summed E-state index contributed by atoms with van der Waals surface area (Å²) in [5.74, 6) is 0.843. The standard InChI is InChI=1S/C20H23NO2/c1-14-7-6-8-15(2)20(14)23-13-19(22)21(3)18-12-11-16-9-4-5-10-17(16)18/h4-10,18H,11-13H2,1-3H3/t18-/m0/s1. The van der Waals surface area contributed by atoms with Crippen LogP contribution in [0.1, 0.15) is 34.7 Å². The number of likely N-dealkylation sites (N-methyl/N-ethyl adjacent to an activating group) is 1. The number of carbonyl (C=O) groups is 1. The van der Waals surface area contributed by atoms with Crippen LogP contribution in [0.2, 0.25) is 0 Å². The van der Waals surface area contributed by atoms with Gasteiger partial charge >= 0.3 is 0 Å². The number of ether oxygens (including phenoxy) is 1. The lowest BCUT2D eigenvalue weighted by Crippen LogP contribution is -2.34. The number of rotatable bonds is 4. The van der Waals surface area contributed by atoms with Gasteiger partial charge in [-0.3, -0.25) is 4.79 Å². The minimum Gasteiger partial charge on any atom is -0.483 e. The van der Waals surface area contributed by atoms with Gasteiger partial charge in [0.05, 0.1) is 6.04 Å².